The van der Waals surface area contributed by atoms with Crippen LogP contribution in [0.4, 0.5) is 4.79 Å². The predicted molar refractivity (Wildman–Crippen MR) is 67.3 cm³/mol. The van der Waals surface area contributed by atoms with Gasteiger partial charge in [-0.1, -0.05) is 0 Å². The van der Waals surface area contributed by atoms with Crippen molar-refractivity contribution in [1.29, 1.82) is 0 Å². The zero-order valence-corrected chi connectivity index (χ0v) is 11.6. The molecule has 1 fully saturated rings. The number of ether oxygens (including phenoxy) is 2. The van der Waals surface area contributed by atoms with Crippen LogP contribution in [0.3, 0.4) is 0 Å². The van der Waals surface area contributed by atoms with Crippen molar-refractivity contribution in [2.75, 3.05) is 26.8 Å². The lowest BCUT2D eigenvalue weighted by molar-refractivity contribution is -0.115. The highest BCUT2D eigenvalue weighted by atomic mass is 16.6. The summed E-state index contributed by atoms with van der Waals surface area (Å²) >= 11 is 0. The molecule has 0 aliphatic carbocycles. The van der Waals surface area contributed by atoms with E-state index in [-0.39, 0.29) is 17.9 Å². The van der Waals surface area contributed by atoms with E-state index >= 15 is 0 Å². The Bertz CT molecular complexity index is 298. The third kappa shape index (κ3) is 4.29. The van der Waals surface area contributed by atoms with Crippen molar-refractivity contribution in [2.24, 2.45) is 11.8 Å². The third-order valence-electron chi connectivity index (χ3n) is 3.00. The van der Waals surface area contributed by atoms with Crippen LogP contribution in [0.5, 0.6) is 0 Å². The Morgan fingerprint density at radius 1 is 1.44 bits per heavy atom. The maximum atomic E-state index is 11.9. The van der Waals surface area contributed by atoms with E-state index in [1.807, 2.05) is 20.8 Å². The molecular weight excluding hydrogens is 234 g/mol. The first-order chi connectivity index (χ1) is 8.37. The number of rotatable bonds is 3. The number of hydrogen-bond acceptors (Lipinski definition) is 4. The molecule has 5 nitrogen and oxygen atoms in total. The predicted octanol–water partition coefficient (Wildman–Crippen LogP) is 1.70. The van der Waals surface area contributed by atoms with E-state index in [2.05, 4.69) is 0 Å². The Hall–Kier alpha value is -1.10. The number of carbonyl (C=O) groups is 2. The van der Waals surface area contributed by atoms with Crippen LogP contribution in [0.2, 0.25) is 0 Å². The van der Waals surface area contributed by atoms with Crippen molar-refractivity contribution >= 4 is 12.4 Å². The first-order valence-electron chi connectivity index (χ1n) is 6.29. The van der Waals surface area contributed by atoms with Gasteiger partial charge in [0.1, 0.15) is 11.9 Å². The van der Waals surface area contributed by atoms with Crippen LogP contribution in [0.1, 0.15) is 27.2 Å². The number of nitrogens with zero attached hydrogens (tertiary/aromatic N) is 1. The van der Waals surface area contributed by atoms with Gasteiger partial charge in [-0.3, -0.25) is 0 Å². The van der Waals surface area contributed by atoms with Crippen LogP contribution in [0.25, 0.3) is 0 Å². The molecule has 0 bridgehead atoms. The highest BCUT2D eigenvalue weighted by molar-refractivity contribution is 5.68. The Morgan fingerprint density at radius 2 is 2.11 bits per heavy atom. The van der Waals surface area contributed by atoms with Crippen molar-refractivity contribution in [3.05, 3.63) is 0 Å². The Kier molecular flexibility index (Phi) is 5.14. The fraction of sp³-hybridized carbons (Fsp3) is 0.846. The molecule has 104 valence electrons. The van der Waals surface area contributed by atoms with E-state index in [0.29, 0.717) is 26.1 Å². The summed E-state index contributed by atoms with van der Waals surface area (Å²) in [6.45, 7) is 7.11. The molecule has 0 aromatic heterocycles. The fourth-order valence-corrected chi connectivity index (χ4v) is 2.11. The van der Waals surface area contributed by atoms with E-state index in [9.17, 15) is 9.59 Å². The molecule has 0 aromatic rings. The minimum absolute atomic E-state index is 0.0244. The average molecular weight is 257 g/mol. The van der Waals surface area contributed by atoms with Gasteiger partial charge in [0.05, 0.1) is 6.61 Å². The molecule has 1 saturated heterocycles. The second kappa shape index (κ2) is 6.18. The molecule has 1 aliphatic heterocycles. The monoisotopic (exact) mass is 257 g/mol. The third-order valence-corrected chi connectivity index (χ3v) is 3.00. The Balaban J connectivity index is 2.59. The molecule has 1 aliphatic rings. The lowest BCUT2D eigenvalue weighted by Gasteiger charge is -2.36. The zero-order valence-electron chi connectivity index (χ0n) is 11.6. The minimum atomic E-state index is -0.491. The summed E-state index contributed by atoms with van der Waals surface area (Å²) in [6, 6.07) is 0. The minimum Gasteiger partial charge on any atom is -0.444 e. The average Bonchev–Trinajstić information content (AvgIpc) is 2.27. The quantitative estimate of drug-likeness (QED) is 0.722. The zero-order chi connectivity index (χ0) is 13.8. The van der Waals surface area contributed by atoms with Gasteiger partial charge in [0.2, 0.25) is 0 Å². The smallest absolute Gasteiger partial charge is 0.410 e. The molecule has 18 heavy (non-hydrogen) atoms. The van der Waals surface area contributed by atoms with Gasteiger partial charge < -0.3 is 19.2 Å². The number of carbonyl (C=O) groups excluding carboxylic acids is 2. The van der Waals surface area contributed by atoms with E-state index in [0.717, 1.165) is 6.29 Å². The first-order valence-corrected chi connectivity index (χ1v) is 6.29. The molecule has 1 rings (SSSR count). The summed E-state index contributed by atoms with van der Waals surface area (Å²) in [6.07, 6.45) is 1.33. The largest absolute Gasteiger partial charge is 0.444 e. The van der Waals surface area contributed by atoms with Crippen molar-refractivity contribution in [3.8, 4) is 0 Å². The first kappa shape index (κ1) is 15.0. The molecule has 1 heterocycles. The molecular formula is C13H23NO4. The molecule has 0 spiro atoms. The van der Waals surface area contributed by atoms with Gasteiger partial charge in [-0.05, 0) is 27.2 Å². The van der Waals surface area contributed by atoms with Crippen molar-refractivity contribution in [3.63, 3.8) is 0 Å². The number of hydrogen-bond donors (Lipinski definition) is 0. The van der Waals surface area contributed by atoms with E-state index in [1.54, 1.807) is 12.0 Å². The Labute approximate surface area is 108 Å². The van der Waals surface area contributed by atoms with Crippen LogP contribution in [-0.4, -0.2) is 49.7 Å². The van der Waals surface area contributed by atoms with Gasteiger partial charge in [0.15, 0.2) is 0 Å². The number of likely N-dealkylation sites (tertiary alicyclic amines) is 1. The summed E-state index contributed by atoms with van der Waals surface area (Å²) in [5.41, 5.74) is -0.491. The fourth-order valence-electron chi connectivity index (χ4n) is 2.11. The number of amides is 1. The number of methoxy groups -OCH3 is 1. The van der Waals surface area contributed by atoms with E-state index < -0.39 is 5.60 Å². The van der Waals surface area contributed by atoms with E-state index in [4.69, 9.17) is 9.47 Å². The summed E-state index contributed by atoms with van der Waals surface area (Å²) in [7, 11) is 1.61. The Morgan fingerprint density at radius 3 is 2.61 bits per heavy atom. The van der Waals surface area contributed by atoms with Crippen LogP contribution in [-0.2, 0) is 14.3 Å². The summed E-state index contributed by atoms with van der Waals surface area (Å²) in [5, 5.41) is 0. The second-order valence-electron chi connectivity index (χ2n) is 5.73. The van der Waals surface area contributed by atoms with E-state index in [1.165, 1.54) is 0 Å². The van der Waals surface area contributed by atoms with Gasteiger partial charge in [0, 0.05) is 32.0 Å². The highest BCUT2D eigenvalue weighted by Crippen LogP contribution is 2.23. The molecule has 5 heteroatoms. The SMILES string of the molecule is COC[C@@H]1CN(C(=O)OC(C)(C)C)CC[C@@H]1C=O. The van der Waals surface area contributed by atoms with Crippen LogP contribution in [0, 0.1) is 11.8 Å². The summed E-state index contributed by atoms with van der Waals surface area (Å²) in [4.78, 5) is 24.6. The number of aldehydes is 1. The maximum absolute atomic E-state index is 11.9. The maximum Gasteiger partial charge on any atom is 0.410 e. The van der Waals surface area contributed by atoms with Gasteiger partial charge in [-0.2, -0.15) is 0 Å². The summed E-state index contributed by atoms with van der Waals surface area (Å²) < 4.78 is 10.4. The van der Waals surface area contributed by atoms with Crippen molar-refractivity contribution in [1.82, 2.24) is 4.90 Å². The van der Waals surface area contributed by atoms with Crippen LogP contribution in [0.15, 0.2) is 0 Å². The van der Waals surface area contributed by atoms with Crippen LogP contribution >= 0.6 is 0 Å². The van der Waals surface area contributed by atoms with Gasteiger partial charge in [0.25, 0.3) is 0 Å². The number of piperidine rings is 1. The van der Waals surface area contributed by atoms with Crippen molar-refractivity contribution < 1.29 is 19.1 Å². The standard InChI is InChI=1S/C13H23NO4/c1-13(2,3)18-12(16)14-6-5-10(8-15)11(7-14)9-17-4/h8,10-11H,5-7,9H2,1-4H3/t10-,11+/m1/s1. The van der Waals surface area contributed by atoms with Gasteiger partial charge in [-0.15, -0.1) is 0 Å². The molecule has 0 radical (unpaired) electrons. The van der Waals surface area contributed by atoms with Crippen LogP contribution < -0.4 is 0 Å². The molecule has 0 unspecified atom stereocenters. The second-order valence-corrected chi connectivity index (χ2v) is 5.73. The van der Waals surface area contributed by atoms with Gasteiger partial charge in [-0.25, -0.2) is 4.79 Å². The van der Waals surface area contributed by atoms with Gasteiger partial charge >= 0.3 is 6.09 Å². The molecule has 1 amide bonds. The normalized spacial score (nSPS) is 24.8. The summed E-state index contributed by atoms with van der Waals surface area (Å²) in [5.74, 6) is 0.0393. The topological polar surface area (TPSA) is 55.8 Å². The van der Waals surface area contributed by atoms with Crippen molar-refractivity contribution in [2.45, 2.75) is 32.8 Å². The molecule has 0 aromatic carbocycles. The lowest BCUT2D eigenvalue weighted by atomic mass is 9.87. The molecule has 0 saturated carbocycles. The molecule has 0 N–H and O–H groups in total. The highest BCUT2D eigenvalue weighted by Gasteiger charge is 2.33. The lowest BCUT2D eigenvalue weighted by Crippen LogP contribution is -2.47. The molecule has 2 atom stereocenters.